The van der Waals surface area contributed by atoms with Crippen LogP contribution in [0.5, 0.6) is 0 Å². The number of hydrogen-bond acceptors (Lipinski definition) is 0. The Labute approximate surface area is 64.0 Å². The van der Waals surface area contributed by atoms with Crippen LogP contribution < -0.4 is 0 Å². The normalized spacial score (nSPS) is 8.20. The van der Waals surface area contributed by atoms with Crippen molar-refractivity contribution < 1.29 is 0 Å². The first-order valence-electron chi connectivity index (χ1n) is 3.25. The average Bonchev–Trinajstić information content (AvgIpc) is 1.79. The summed E-state index contributed by atoms with van der Waals surface area (Å²) in [6, 6.07) is 0. The van der Waals surface area contributed by atoms with E-state index in [2.05, 4.69) is 23.7 Å². The van der Waals surface area contributed by atoms with Crippen molar-refractivity contribution in [2.45, 2.75) is 27.7 Å². The third kappa shape index (κ3) is 7.12. The molecule has 0 atom stereocenters. The van der Waals surface area contributed by atoms with Crippen molar-refractivity contribution >= 4 is 0 Å². The van der Waals surface area contributed by atoms with Gasteiger partial charge in [0.15, 0.2) is 0 Å². The molecule has 0 rings (SSSR count). The van der Waals surface area contributed by atoms with Crippen molar-refractivity contribution in [2.24, 2.45) is 0 Å². The highest BCUT2D eigenvalue weighted by Gasteiger charge is 1.81. The molecule has 0 heteroatoms. The fourth-order valence-corrected chi connectivity index (χ4v) is 0.312. The molecule has 52 valence electrons. The summed E-state index contributed by atoms with van der Waals surface area (Å²) < 4.78 is 0. The molecule has 0 spiro atoms. The van der Waals surface area contributed by atoms with Crippen molar-refractivity contribution in [1.29, 1.82) is 0 Å². The van der Waals surface area contributed by atoms with Crippen molar-refractivity contribution in [3.8, 4) is 23.7 Å². The molecule has 0 bridgehead atoms. The molecule has 2 radical (unpaired) electrons. The van der Waals surface area contributed by atoms with Crippen LogP contribution in [0, 0.1) is 35.5 Å². The maximum Gasteiger partial charge on any atom is 0.0428 e. The first-order chi connectivity index (χ1) is 4.63. The van der Waals surface area contributed by atoms with Crippen molar-refractivity contribution in [3.63, 3.8) is 0 Å². The van der Waals surface area contributed by atoms with Gasteiger partial charge in [-0.05, 0) is 39.5 Å². The van der Waals surface area contributed by atoms with Crippen molar-refractivity contribution in [2.75, 3.05) is 0 Å². The Morgan fingerprint density at radius 2 is 1.00 bits per heavy atom. The second-order valence-corrected chi connectivity index (χ2v) is 2.50. The third-order valence-electron chi connectivity index (χ3n) is 0.688. The van der Waals surface area contributed by atoms with E-state index in [1.165, 1.54) is 0 Å². The van der Waals surface area contributed by atoms with Crippen LogP contribution in [0.2, 0.25) is 0 Å². The Balaban J connectivity index is 3.78. The Morgan fingerprint density at radius 3 is 1.20 bits per heavy atom. The van der Waals surface area contributed by atoms with E-state index >= 15 is 0 Å². The number of hydrogen-bond donors (Lipinski definition) is 0. The zero-order chi connectivity index (χ0) is 7.98. The van der Waals surface area contributed by atoms with Gasteiger partial charge in [-0.3, -0.25) is 0 Å². The zero-order valence-corrected chi connectivity index (χ0v) is 7.00. The second-order valence-electron chi connectivity index (χ2n) is 2.50. The minimum atomic E-state index is 1.10. The first-order valence-corrected chi connectivity index (χ1v) is 3.25. The Kier molecular flexibility index (Phi) is 4.51. The predicted molar refractivity (Wildman–Crippen MR) is 44.7 cm³/mol. The van der Waals surface area contributed by atoms with Crippen molar-refractivity contribution in [1.82, 2.24) is 0 Å². The Bertz CT molecular complexity index is 164. The maximum absolute atomic E-state index is 2.88. The fourth-order valence-electron chi connectivity index (χ4n) is 0.312. The van der Waals surface area contributed by atoms with Crippen LogP contribution in [-0.2, 0) is 0 Å². The minimum Gasteiger partial charge on any atom is -0.0813 e. The molecule has 0 fully saturated rings. The summed E-state index contributed by atoms with van der Waals surface area (Å²) in [6.07, 6.45) is 0. The summed E-state index contributed by atoms with van der Waals surface area (Å²) in [5.41, 5.74) is 0. The van der Waals surface area contributed by atoms with Gasteiger partial charge in [0.25, 0.3) is 0 Å². The minimum absolute atomic E-state index is 1.10. The van der Waals surface area contributed by atoms with Crippen LogP contribution in [-0.4, -0.2) is 0 Å². The molecular weight excluding hydrogens is 120 g/mol. The molecule has 0 amide bonds. The van der Waals surface area contributed by atoms with Crippen LogP contribution in [0.1, 0.15) is 27.7 Å². The van der Waals surface area contributed by atoms with E-state index in [0.717, 1.165) is 11.8 Å². The molecule has 0 aliphatic rings. The van der Waals surface area contributed by atoms with Crippen molar-refractivity contribution in [3.05, 3.63) is 11.8 Å². The molecule has 0 nitrogen and oxygen atoms in total. The summed E-state index contributed by atoms with van der Waals surface area (Å²) >= 11 is 0. The molecular formula is C10H12. The van der Waals surface area contributed by atoms with Crippen LogP contribution >= 0.6 is 0 Å². The lowest BCUT2D eigenvalue weighted by molar-refractivity contribution is 1.25. The first kappa shape index (κ1) is 9.12. The second kappa shape index (κ2) is 4.95. The largest absolute Gasteiger partial charge is 0.0813 e. The highest BCUT2D eigenvalue weighted by molar-refractivity contribution is 5.35. The Morgan fingerprint density at radius 1 is 0.700 bits per heavy atom. The molecule has 0 heterocycles. The topological polar surface area (TPSA) is 0 Å². The van der Waals surface area contributed by atoms with E-state index in [0.29, 0.717) is 0 Å². The third-order valence-corrected chi connectivity index (χ3v) is 0.688. The SMILES string of the molecule is C[C](C)C#CC#C[C](C)C. The zero-order valence-electron chi connectivity index (χ0n) is 7.00. The average molecular weight is 132 g/mol. The summed E-state index contributed by atoms with van der Waals surface area (Å²) in [4.78, 5) is 0. The summed E-state index contributed by atoms with van der Waals surface area (Å²) in [5.74, 6) is 13.5. The monoisotopic (exact) mass is 132 g/mol. The molecule has 0 N–H and O–H groups in total. The molecule has 10 heavy (non-hydrogen) atoms. The lowest BCUT2D eigenvalue weighted by Gasteiger charge is -1.83. The van der Waals surface area contributed by atoms with Gasteiger partial charge in [-0.15, -0.1) is 0 Å². The van der Waals surface area contributed by atoms with Gasteiger partial charge in [-0.25, -0.2) is 0 Å². The Hall–Kier alpha value is -0.880. The van der Waals surface area contributed by atoms with Crippen LogP contribution in [0.15, 0.2) is 0 Å². The molecule has 0 saturated carbocycles. The molecule has 0 aromatic rings. The highest BCUT2D eigenvalue weighted by Crippen LogP contribution is 1.90. The van der Waals surface area contributed by atoms with Gasteiger partial charge in [0.05, 0.1) is 0 Å². The van der Waals surface area contributed by atoms with Gasteiger partial charge in [0.1, 0.15) is 0 Å². The summed E-state index contributed by atoms with van der Waals surface area (Å²) in [6.45, 7) is 7.88. The van der Waals surface area contributed by atoms with Gasteiger partial charge in [0, 0.05) is 11.8 Å². The van der Waals surface area contributed by atoms with E-state index in [9.17, 15) is 0 Å². The van der Waals surface area contributed by atoms with Gasteiger partial charge < -0.3 is 0 Å². The van der Waals surface area contributed by atoms with Crippen LogP contribution in [0.25, 0.3) is 0 Å². The lowest BCUT2D eigenvalue weighted by Crippen LogP contribution is -1.74. The maximum atomic E-state index is 2.88. The van der Waals surface area contributed by atoms with Gasteiger partial charge in [-0.2, -0.15) is 0 Å². The summed E-state index contributed by atoms with van der Waals surface area (Å²) in [7, 11) is 0. The smallest absolute Gasteiger partial charge is 0.0428 e. The quantitative estimate of drug-likeness (QED) is 0.443. The van der Waals surface area contributed by atoms with Gasteiger partial charge in [-0.1, -0.05) is 11.8 Å². The molecule has 0 saturated heterocycles. The van der Waals surface area contributed by atoms with Crippen LogP contribution in [0.4, 0.5) is 0 Å². The van der Waals surface area contributed by atoms with E-state index in [1.54, 1.807) is 0 Å². The van der Waals surface area contributed by atoms with Gasteiger partial charge in [0.2, 0.25) is 0 Å². The standard InChI is InChI=1S/C10H12/c1-9(2)7-5-6-8-10(3)4/h1-4H3. The molecule has 0 aromatic carbocycles. The van der Waals surface area contributed by atoms with Crippen LogP contribution in [0.3, 0.4) is 0 Å². The fraction of sp³-hybridized carbons (Fsp3) is 0.400. The summed E-state index contributed by atoms with van der Waals surface area (Å²) in [5, 5.41) is 0. The highest BCUT2D eigenvalue weighted by atomic mass is 13.8. The van der Waals surface area contributed by atoms with E-state index in [-0.39, 0.29) is 0 Å². The molecule has 0 aliphatic carbocycles. The van der Waals surface area contributed by atoms with E-state index in [4.69, 9.17) is 0 Å². The molecule has 0 aliphatic heterocycles. The van der Waals surface area contributed by atoms with E-state index in [1.807, 2.05) is 27.7 Å². The molecule has 0 aromatic heterocycles. The molecule has 0 unspecified atom stereocenters. The number of rotatable bonds is 0. The van der Waals surface area contributed by atoms with E-state index < -0.39 is 0 Å². The lowest BCUT2D eigenvalue weighted by atomic mass is 10.2. The van der Waals surface area contributed by atoms with Gasteiger partial charge >= 0.3 is 0 Å². The predicted octanol–water partition coefficient (Wildman–Crippen LogP) is 2.22.